The molecule has 1 saturated carbocycles. The zero-order valence-corrected chi connectivity index (χ0v) is 30.0. The number of alkyl carbamates (subject to hydrolysis) is 1. The number of piperidine rings is 1. The number of benzene rings is 3. The van der Waals surface area contributed by atoms with Gasteiger partial charge in [-0.05, 0) is 89.5 Å². The van der Waals surface area contributed by atoms with Gasteiger partial charge in [0.15, 0.2) is 0 Å². The SMILES string of the molecule is COC(=O)N[C@H](C(=O)N1CC2(CC2)C[C@H]1c1ncc(-c2ccc3cc(-c4ccc(-c5cnc([C@@]67CCCC(CN6)N7)[nH]5)cc4)ccc3c2)[nH]1)C(C)C. The van der Waals surface area contributed by atoms with Crippen LogP contribution in [0.4, 0.5) is 4.79 Å². The van der Waals surface area contributed by atoms with E-state index in [-0.39, 0.29) is 28.9 Å². The number of methoxy groups -OCH3 is 1. The molecule has 2 bridgehead atoms. The Bertz CT molecular complexity index is 2150. The van der Waals surface area contributed by atoms with Gasteiger partial charge < -0.3 is 24.9 Å². The molecule has 3 aromatic carbocycles. The number of carbonyl (C=O) groups is 2. The lowest BCUT2D eigenvalue weighted by atomic mass is 9.97. The highest BCUT2D eigenvalue weighted by atomic mass is 16.5. The van der Waals surface area contributed by atoms with Crippen LogP contribution < -0.4 is 16.0 Å². The van der Waals surface area contributed by atoms with Crippen LogP contribution in [0, 0.1) is 11.3 Å². The predicted octanol–water partition coefficient (Wildman–Crippen LogP) is 6.62. The molecular formula is C41H46N8O3. The Morgan fingerprint density at radius 3 is 2.33 bits per heavy atom. The second-order valence-corrected chi connectivity index (χ2v) is 15.7. The summed E-state index contributed by atoms with van der Waals surface area (Å²) >= 11 is 0. The van der Waals surface area contributed by atoms with Crippen LogP contribution in [-0.2, 0) is 15.2 Å². The van der Waals surface area contributed by atoms with E-state index in [0.29, 0.717) is 12.6 Å². The number of carbonyl (C=O) groups excluding carboxylic acids is 2. The maximum atomic E-state index is 13.9. The van der Waals surface area contributed by atoms with Crippen LogP contribution in [0.3, 0.4) is 0 Å². The summed E-state index contributed by atoms with van der Waals surface area (Å²) in [7, 11) is 1.32. The Morgan fingerprint density at radius 2 is 1.58 bits per heavy atom. The minimum Gasteiger partial charge on any atom is -0.453 e. The summed E-state index contributed by atoms with van der Waals surface area (Å²) < 4.78 is 4.82. The van der Waals surface area contributed by atoms with E-state index < -0.39 is 12.1 Å². The molecule has 11 nitrogen and oxygen atoms in total. The fraction of sp³-hybridized carbons (Fsp3) is 0.415. The van der Waals surface area contributed by atoms with Crippen LogP contribution in [-0.4, -0.2) is 69.1 Å². The van der Waals surface area contributed by atoms with Crippen molar-refractivity contribution in [2.45, 2.75) is 76.2 Å². The number of nitrogens with zero attached hydrogens (tertiary/aromatic N) is 3. The van der Waals surface area contributed by atoms with Gasteiger partial charge in [0.25, 0.3) is 0 Å². The molecule has 1 aliphatic carbocycles. The fourth-order valence-corrected chi connectivity index (χ4v) is 8.69. The molecule has 2 aromatic heterocycles. The lowest BCUT2D eigenvalue weighted by molar-refractivity contribution is -0.135. The molecule has 4 aliphatic rings. The van der Waals surface area contributed by atoms with Crippen molar-refractivity contribution in [2.24, 2.45) is 11.3 Å². The molecule has 52 heavy (non-hydrogen) atoms. The van der Waals surface area contributed by atoms with Gasteiger partial charge in [-0.2, -0.15) is 0 Å². The topological polar surface area (TPSA) is 140 Å². The molecule has 5 N–H and O–H groups in total. The minimum atomic E-state index is -0.664. The van der Waals surface area contributed by atoms with Crippen LogP contribution in [0.2, 0.25) is 0 Å². The van der Waals surface area contributed by atoms with Gasteiger partial charge in [0.05, 0.1) is 36.9 Å². The Morgan fingerprint density at radius 1 is 0.885 bits per heavy atom. The quantitative estimate of drug-likeness (QED) is 0.123. The van der Waals surface area contributed by atoms with Gasteiger partial charge in [-0.25, -0.2) is 14.8 Å². The zero-order chi connectivity index (χ0) is 35.6. The molecule has 2 amide bonds. The van der Waals surface area contributed by atoms with E-state index in [4.69, 9.17) is 14.7 Å². The third-order valence-electron chi connectivity index (χ3n) is 11.9. The number of imidazole rings is 2. The lowest BCUT2D eigenvalue weighted by Crippen LogP contribution is -2.51. The summed E-state index contributed by atoms with van der Waals surface area (Å²) in [6, 6.07) is 21.4. The number of aromatic amines is 2. The highest BCUT2D eigenvalue weighted by molar-refractivity contribution is 5.91. The van der Waals surface area contributed by atoms with E-state index in [1.807, 2.05) is 31.1 Å². The number of hydrogen-bond acceptors (Lipinski definition) is 7. The molecule has 5 aromatic rings. The van der Waals surface area contributed by atoms with Crippen LogP contribution in [0.15, 0.2) is 73.1 Å². The molecule has 11 heteroatoms. The first-order chi connectivity index (χ1) is 25.2. The van der Waals surface area contributed by atoms with Crippen LogP contribution in [0.25, 0.3) is 44.4 Å². The van der Waals surface area contributed by atoms with Crippen molar-refractivity contribution in [2.75, 3.05) is 20.2 Å². The number of nitrogens with one attached hydrogen (secondary N) is 5. The van der Waals surface area contributed by atoms with Gasteiger partial charge in [-0.1, -0.05) is 62.4 Å². The summed E-state index contributed by atoms with van der Waals surface area (Å²) in [6.45, 7) is 5.55. The molecule has 4 fully saturated rings. The van der Waals surface area contributed by atoms with Gasteiger partial charge in [-0.3, -0.25) is 15.4 Å². The largest absolute Gasteiger partial charge is 0.453 e. The number of hydrogen-bond donors (Lipinski definition) is 5. The highest BCUT2D eigenvalue weighted by Crippen LogP contribution is 2.58. The minimum absolute atomic E-state index is 0.0837. The van der Waals surface area contributed by atoms with E-state index in [0.717, 1.165) is 88.3 Å². The second kappa shape index (κ2) is 12.6. The standard InChI is InChI=1S/C41H46N8O3/c1-24(2)35(47-39(51)52-3)37(50)49-23-40(15-16-40)19-34(49)36-42-21-33(45-36)30-13-12-28-17-27(10-11-29(28)18-30)25-6-8-26(9-7-25)32-22-43-38(46-32)41-14-4-5-31(48-41)20-44-41/h6-13,17-18,21-22,24,31,34-35,44,48H,4-5,14-16,19-20,23H2,1-3H3,(H,42,45)(H,43,46)(H,47,51)/t31?,34-,35-,41-/m0/s1. The number of aromatic nitrogens is 4. The van der Waals surface area contributed by atoms with Gasteiger partial charge in [0, 0.05) is 24.7 Å². The van der Waals surface area contributed by atoms with Crippen LogP contribution in [0.5, 0.6) is 0 Å². The average Bonchev–Trinajstić information content (AvgIpc) is 3.60. The summed E-state index contributed by atoms with van der Waals surface area (Å²) in [5.41, 5.74) is 6.33. The zero-order valence-electron chi connectivity index (χ0n) is 30.0. The van der Waals surface area contributed by atoms with E-state index in [1.165, 1.54) is 20.0 Å². The predicted molar refractivity (Wildman–Crippen MR) is 200 cm³/mol. The van der Waals surface area contributed by atoms with Crippen molar-refractivity contribution in [3.05, 3.63) is 84.7 Å². The van der Waals surface area contributed by atoms with Gasteiger partial charge in [0.2, 0.25) is 5.91 Å². The summed E-state index contributed by atoms with van der Waals surface area (Å²) in [6.07, 6.45) is 9.77. The number of fused-ring (bicyclic) bond motifs is 3. The molecule has 1 unspecified atom stereocenters. The van der Waals surface area contributed by atoms with Crippen LogP contribution in [0.1, 0.15) is 70.1 Å². The molecule has 1 spiro atoms. The molecule has 4 atom stereocenters. The number of amides is 2. The summed E-state index contributed by atoms with van der Waals surface area (Å²) in [5, 5.41) is 12.5. The van der Waals surface area contributed by atoms with E-state index in [9.17, 15) is 9.59 Å². The molecule has 5 heterocycles. The van der Waals surface area contributed by atoms with Crippen molar-refractivity contribution in [3.63, 3.8) is 0 Å². The van der Waals surface area contributed by atoms with Crippen LogP contribution >= 0.6 is 0 Å². The Hall–Kier alpha value is -5.00. The molecular weight excluding hydrogens is 653 g/mol. The number of H-pyrrole nitrogens is 2. The second-order valence-electron chi connectivity index (χ2n) is 15.7. The van der Waals surface area contributed by atoms with Crippen molar-refractivity contribution in [3.8, 4) is 33.6 Å². The fourth-order valence-electron chi connectivity index (χ4n) is 8.69. The Labute approximate surface area is 303 Å². The molecule has 268 valence electrons. The Balaban J connectivity index is 0.914. The van der Waals surface area contributed by atoms with Crippen molar-refractivity contribution in [1.29, 1.82) is 0 Å². The average molecular weight is 699 g/mol. The highest BCUT2D eigenvalue weighted by Gasteiger charge is 2.55. The first-order valence-electron chi connectivity index (χ1n) is 18.6. The maximum absolute atomic E-state index is 13.9. The normalized spacial score (nSPS) is 23.7. The molecule has 0 radical (unpaired) electrons. The van der Waals surface area contributed by atoms with Gasteiger partial charge in [0.1, 0.15) is 23.4 Å². The first-order valence-corrected chi connectivity index (χ1v) is 18.6. The summed E-state index contributed by atoms with van der Waals surface area (Å²) in [5.74, 6) is 1.59. The lowest BCUT2D eigenvalue weighted by Gasteiger charge is -2.32. The first kappa shape index (κ1) is 32.9. The Kier molecular flexibility index (Phi) is 7.96. The molecule has 3 saturated heterocycles. The van der Waals surface area contributed by atoms with Gasteiger partial charge in [-0.15, -0.1) is 0 Å². The van der Waals surface area contributed by atoms with E-state index >= 15 is 0 Å². The van der Waals surface area contributed by atoms with E-state index in [2.05, 4.69) is 86.6 Å². The van der Waals surface area contributed by atoms with E-state index in [1.54, 1.807) is 0 Å². The van der Waals surface area contributed by atoms with Crippen molar-refractivity contribution >= 4 is 22.8 Å². The number of rotatable bonds is 8. The van der Waals surface area contributed by atoms with Gasteiger partial charge >= 0.3 is 6.09 Å². The number of likely N-dealkylation sites (tertiary alicyclic amines) is 1. The van der Waals surface area contributed by atoms with Crippen molar-refractivity contribution < 1.29 is 14.3 Å². The summed E-state index contributed by atoms with van der Waals surface area (Å²) in [4.78, 5) is 44.6. The number of ether oxygens (including phenoxy) is 1. The molecule has 9 rings (SSSR count). The van der Waals surface area contributed by atoms with Crippen molar-refractivity contribution in [1.82, 2.24) is 40.8 Å². The molecule has 3 aliphatic heterocycles. The third kappa shape index (κ3) is 5.85. The third-order valence-corrected chi connectivity index (χ3v) is 11.9. The smallest absolute Gasteiger partial charge is 0.407 e. The monoisotopic (exact) mass is 698 g/mol. The maximum Gasteiger partial charge on any atom is 0.407 e.